The molecule has 1 N–H and O–H groups in total. The van der Waals surface area contributed by atoms with Gasteiger partial charge in [0, 0.05) is 35.9 Å². The van der Waals surface area contributed by atoms with Crippen LogP contribution in [0.2, 0.25) is 5.02 Å². The third kappa shape index (κ3) is 3.26. The molecule has 0 unspecified atom stereocenters. The Morgan fingerprint density at radius 2 is 2.12 bits per heavy atom. The molecular weight excluding hydrogens is 447 g/mol. The Balaban J connectivity index is 1.59. The number of anilines is 1. The third-order valence-electron chi connectivity index (χ3n) is 6.32. The molecule has 7 heteroatoms. The topological polar surface area (TPSA) is 53.4 Å². The monoisotopic (exact) mass is 466 g/mol. The van der Waals surface area contributed by atoms with Crippen molar-refractivity contribution < 1.29 is 14.3 Å². The number of aromatic nitrogens is 1. The van der Waals surface area contributed by atoms with Crippen LogP contribution in [-0.4, -0.2) is 27.8 Å². The molecule has 1 fully saturated rings. The average Bonchev–Trinajstić information content (AvgIpc) is 3.18. The van der Waals surface area contributed by atoms with Gasteiger partial charge in [0.25, 0.3) is 0 Å². The van der Waals surface area contributed by atoms with Crippen molar-refractivity contribution in [2.24, 2.45) is 5.92 Å². The van der Waals surface area contributed by atoms with Gasteiger partial charge in [-0.1, -0.05) is 42.4 Å². The van der Waals surface area contributed by atoms with Crippen molar-refractivity contribution >= 4 is 55.6 Å². The number of halogens is 2. The minimum absolute atomic E-state index is 0.0349. The van der Waals surface area contributed by atoms with Crippen molar-refractivity contribution in [3.05, 3.63) is 66.0 Å². The highest BCUT2D eigenvalue weighted by atomic mass is 35.5. The Hall–Kier alpha value is -2.96. The van der Waals surface area contributed by atoms with E-state index in [0.717, 1.165) is 15.8 Å². The van der Waals surface area contributed by atoms with Gasteiger partial charge >= 0.3 is 0 Å². The lowest BCUT2D eigenvalue weighted by molar-refractivity contribution is -0.115. The number of hydrogen-bond donors (Lipinski definition) is 1. The zero-order valence-corrected chi connectivity index (χ0v) is 18.9. The normalized spacial score (nSPS) is 18.2. The van der Waals surface area contributed by atoms with Gasteiger partial charge in [-0.3, -0.25) is 4.79 Å². The van der Waals surface area contributed by atoms with Crippen LogP contribution in [0.25, 0.3) is 32.8 Å². The van der Waals surface area contributed by atoms with Crippen molar-refractivity contribution in [1.29, 1.82) is 0 Å². The van der Waals surface area contributed by atoms with Crippen molar-refractivity contribution in [2.45, 2.75) is 19.4 Å². The maximum atomic E-state index is 15.8. The molecule has 1 saturated heterocycles. The number of allylic oxidation sites excluding steroid dienone is 1. The molecule has 0 radical (unpaired) electrons. The molecule has 4 aromatic rings. The van der Waals surface area contributed by atoms with Crippen LogP contribution in [0.3, 0.4) is 0 Å². The van der Waals surface area contributed by atoms with E-state index in [0.29, 0.717) is 23.9 Å². The molecule has 4 nitrogen and oxygen atoms in total. The number of phenolic OH excluding ortho intramolecular Hbond substituents is 1. The van der Waals surface area contributed by atoms with Gasteiger partial charge in [-0.15, -0.1) is 0 Å². The fourth-order valence-corrected chi connectivity index (χ4v) is 5.74. The molecular formula is C25H20ClFN2O2S. The minimum atomic E-state index is -0.502. The Labute approximate surface area is 193 Å². The summed E-state index contributed by atoms with van der Waals surface area (Å²) in [7, 11) is 0. The summed E-state index contributed by atoms with van der Waals surface area (Å²) in [5.74, 6) is -0.191. The van der Waals surface area contributed by atoms with Gasteiger partial charge in [0.1, 0.15) is 16.3 Å². The zero-order chi connectivity index (χ0) is 22.6. The fourth-order valence-electron chi connectivity index (χ4n) is 4.49. The van der Waals surface area contributed by atoms with E-state index in [1.807, 2.05) is 24.3 Å². The lowest BCUT2D eigenvalue weighted by Gasteiger charge is -2.47. The molecule has 0 amide bonds. The Morgan fingerprint density at radius 1 is 1.34 bits per heavy atom. The smallest absolute Gasteiger partial charge is 0.159 e. The molecule has 2 atom stereocenters. The van der Waals surface area contributed by atoms with E-state index in [1.54, 1.807) is 12.1 Å². The van der Waals surface area contributed by atoms with Crippen LogP contribution in [0, 0.1) is 11.7 Å². The summed E-state index contributed by atoms with van der Waals surface area (Å²) < 4.78 is 20.2. The van der Waals surface area contributed by atoms with E-state index < -0.39 is 5.82 Å². The summed E-state index contributed by atoms with van der Waals surface area (Å²) in [5.41, 5.74) is 1.02. The first kappa shape index (κ1) is 20.9. The van der Waals surface area contributed by atoms with Crippen LogP contribution in [0.4, 0.5) is 9.39 Å². The maximum absolute atomic E-state index is 15.8. The number of rotatable bonds is 5. The third-order valence-corrected chi connectivity index (χ3v) is 7.52. The van der Waals surface area contributed by atoms with Gasteiger partial charge in [0.15, 0.2) is 11.6 Å². The van der Waals surface area contributed by atoms with Crippen molar-refractivity contribution in [3.8, 4) is 16.9 Å². The predicted octanol–water partition coefficient (Wildman–Crippen LogP) is 6.58. The second kappa shape index (κ2) is 7.87. The lowest BCUT2D eigenvalue weighted by Crippen LogP contribution is -2.55. The molecule has 0 aliphatic carbocycles. The number of hydrogen-bond acceptors (Lipinski definition) is 5. The van der Waals surface area contributed by atoms with Crippen LogP contribution >= 0.6 is 23.1 Å². The van der Waals surface area contributed by atoms with E-state index in [4.69, 9.17) is 11.6 Å². The number of fused-ring (bicyclic) bond motifs is 2. The SMILES string of the molecule is C=CC(=O)C[C@H]1CN(c2snc3c(F)c(-c4cc(O)cc5ccccc45)c(Cl)cc23)[C@H]1C. The first-order valence-corrected chi connectivity index (χ1v) is 11.5. The van der Waals surface area contributed by atoms with E-state index in [1.165, 1.54) is 23.7 Å². The highest BCUT2D eigenvalue weighted by molar-refractivity contribution is 7.11. The van der Waals surface area contributed by atoms with Gasteiger partial charge in [-0.05, 0) is 59.1 Å². The number of aromatic hydroxyl groups is 1. The van der Waals surface area contributed by atoms with E-state index >= 15 is 4.39 Å². The largest absolute Gasteiger partial charge is 0.508 e. The Bertz CT molecular complexity index is 1400. The van der Waals surface area contributed by atoms with Crippen molar-refractivity contribution in [2.75, 3.05) is 11.4 Å². The molecule has 0 spiro atoms. The predicted molar refractivity (Wildman–Crippen MR) is 129 cm³/mol. The Kier molecular flexibility index (Phi) is 5.14. The summed E-state index contributed by atoms with van der Waals surface area (Å²) in [6, 6.07) is 12.5. The second-order valence-electron chi connectivity index (χ2n) is 8.17. The standard InChI is InChI=1S/C25H20ClFN2O2S/c1-3-16(30)9-15-12-29(13(15)2)25-20-11-21(26)22(23(27)24(20)28-32-25)19-10-17(31)8-14-6-4-5-7-18(14)19/h3-8,10-11,13,15,31H,1,9,12H2,2H3/t13-,15-/m0/s1. The molecule has 162 valence electrons. The van der Waals surface area contributed by atoms with Crippen molar-refractivity contribution in [1.82, 2.24) is 4.37 Å². The lowest BCUT2D eigenvalue weighted by atomic mass is 9.85. The first-order chi connectivity index (χ1) is 15.4. The second-order valence-corrected chi connectivity index (χ2v) is 9.33. The summed E-state index contributed by atoms with van der Waals surface area (Å²) in [5, 5.41) is 13.6. The molecule has 0 bridgehead atoms. The fraction of sp³-hybridized carbons (Fsp3) is 0.200. The van der Waals surface area contributed by atoms with Crippen LogP contribution < -0.4 is 4.90 Å². The highest BCUT2D eigenvalue weighted by Gasteiger charge is 2.38. The van der Waals surface area contributed by atoms with Gasteiger partial charge in [-0.2, -0.15) is 4.37 Å². The van der Waals surface area contributed by atoms with Gasteiger partial charge in [-0.25, -0.2) is 4.39 Å². The zero-order valence-electron chi connectivity index (χ0n) is 17.3. The molecule has 1 aliphatic heterocycles. The Morgan fingerprint density at radius 3 is 2.88 bits per heavy atom. The van der Waals surface area contributed by atoms with E-state index in [-0.39, 0.29) is 39.6 Å². The quantitative estimate of drug-likeness (QED) is 0.337. The van der Waals surface area contributed by atoms with Crippen LogP contribution in [0.15, 0.2) is 55.1 Å². The summed E-state index contributed by atoms with van der Waals surface area (Å²) >= 11 is 7.86. The molecule has 5 rings (SSSR count). The number of carbonyl (C=O) groups excluding carboxylic acids is 1. The van der Waals surface area contributed by atoms with E-state index in [2.05, 4.69) is 22.8 Å². The molecule has 3 aromatic carbocycles. The summed E-state index contributed by atoms with van der Waals surface area (Å²) in [6.07, 6.45) is 1.82. The number of carbonyl (C=O) groups is 1. The van der Waals surface area contributed by atoms with Gasteiger partial charge in [0.05, 0.1) is 5.02 Å². The van der Waals surface area contributed by atoms with Crippen molar-refractivity contribution in [3.63, 3.8) is 0 Å². The molecule has 2 heterocycles. The minimum Gasteiger partial charge on any atom is -0.508 e. The summed E-state index contributed by atoms with van der Waals surface area (Å²) in [6.45, 7) is 6.30. The number of nitrogens with zero attached hydrogens (tertiary/aromatic N) is 2. The molecule has 32 heavy (non-hydrogen) atoms. The molecule has 0 saturated carbocycles. The summed E-state index contributed by atoms with van der Waals surface area (Å²) in [4.78, 5) is 13.9. The molecule has 1 aromatic heterocycles. The number of ketones is 1. The van der Waals surface area contributed by atoms with Crippen LogP contribution in [-0.2, 0) is 4.79 Å². The van der Waals surface area contributed by atoms with Gasteiger partial charge < -0.3 is 10.0 Å². The maximum Gasteiger partial charge on any atom is 0.159 e. The highest BCUT2D eigenvalue weighted by Crippen LogP contribution is 2.46. The average molecular weight is 467 g/mol. The first-order valence-electron chi connectivity index (χ1n) is 10.3. The van der Waals surface area contributed by atoms with E-state index in [9.17, 15) is 9.90 Å². The van der Waals surface area contributed by atoms with Gasteiger partial charge in [0.2, 0.25) is 0 Å². The molecule has 1 aliphatic rings. The van der Waals surface area contributed by atoms with Crippen LogP contribution in [0.5, 0.6) is 5.75 Å². The number of benzene rings is 3. The van der Waals surface area contributed by atoms with Crippen LogP contribution in [0.1, 0.15) is 13.3 Å². The number of phenols is 1.